The highest BCUT2D eigenvalue weighted by atomic mass is 35.5. The summed E-state index contributed by atoms with van der Waals surface area (Å²) in [5, 5.41) is 0.495. The van der Waals surface area contributed by atoms with Crippen molar-refractivity contribution >= 4 is 17.4 Å². The lowest BCUT2D eigenvalue weighted by Crippen LogP contribution is -2.14. The fourth-order valence-electron chi connectivity index (χ4n) is 1.37. The van der Waals surface area contributed by atoms with Crippen LogP contribution in [-0.2, 0) is 0 Å². The number of hydrogen-bond donors (Lipinski definition) is 1. The number of anilines is 1. The van der Waals surface area contributed by atoms with E-state index >= 15 is 0 Å². The predicted octanol–water partition coefficient (Wildman–Crippen LogP) is 2.29. The highest BCUT2D eigenvalue weighted by molar-refractivity contribution is 6.30. The van der Waals surface area contributed by atoms with Crippen LogP contribution in [0.4, 0.5) is 5.82 Å². The summed E-state index contributed by atoms with van der Waals surface area (Å²) in [6.45, 7) is 1.84. The summed E-state index contributed by atoms with van der Waals surface area (Å²) in [6.07, 6.45) is 3.59. The molecule has 0 saturated heterocycles. The molecule has 1 heterocycles. The number of nitrogen functional groups attached to an aromatic ring is 1. The van der Waals surface area contributed by atoms with Crippen molar-refractivity contribution in [3.63, 3.8) is 0 Å². The van der Waals surface area contributed by atoms with Gasteiger partial charge < -0.3 is 5.73 Å². The lowest BCUT2D eigenvalue weighted by atomic mass is 9.85. The number of rotatable bonds is 1. The van der Waals surface area contributed by atoms with E-state index in [-0.39, 0.29) is 0 Å². The molecule has 0 bridgehead atoms. The van der Waals surface area contributed by atoms with Crippen LogP contribution in [0.5, 0.6) is 0 Å². The molecule has 3 nitrogen and oxygen atoms in total. The van der Waals surface area contributed by atoms with E-state index in [0.717, 1.165) is 11.4 Å². The number of halogens is 1. The van der Waals surface area contributed by atoms with Gasteiger partial charge in [-0.3, -0.25) is 0 Å². The van der Waals surface area contributed by atoms with Crippen molar-refractivity contribution in [1.29, 1.82) is 0 Å². The van der Waals surface area contributed by atoms with Gasteiger partial charge in [-0.25, -0.2) is 9.97 Å². The van der Waals surface area contributed by atoms with Gasteiger partial charge in [0.2, 0.25) is 0 Å². The van der Waals surface area contributed by atoms with Gasteiger partial charge in [-0.05, 0) is 19.8 Å². The molecule has 0 radical (unpaired) electrons. The smallest absolute Gasteiger partial charge is 0.137 e. The fraction of sp³-hybridized carbons (Fsp3) is 0.556. The monoisotopic (exact) mass is 197 g/mol. The second kappa shape index (κ2) is 3.14. The van der Waals surface area contributed by atoms with Gasteiger partial charge in [-0.1, -0.05) is 18.0 Å². The van der Waals surface area contributed by atoms with E-state index in [1.165, 1.54) is 19.3 Å². The zero-order valence-electron chi connectivity index (χ0n) is 7.55. The van der Waals surface area contributed by atoms with Crippen molar-refractivity contribution in [3.05, 3.63) is 16.5 Å². The molecule has 1 aromatic heterocycles. The fourth-order valence-corrected chi connectivity index (χ4v) is 1.55. The summed E-state index contributed by atoms with van der Waals surface area (Å²) in [7, 11) is 0. The standard InChI is InChI=1S/C9H12ClN3/c1-5-7(10)12-9(13-8(5)11)6-3-2-4-6/h6H,2-4H2,1H3,(H2,11,12,13). The van der Waals surface area contributed by atoms with Crippen LogP contribution in [0.15, 0.2) is 0 Å². The summed E-state index contributed by atoms with van der Waals surface area (Å²) in [5.74, 6) is 1.82. The van der Waals surface area contributed by atoms with E-state index in [2.05, 4.69) is 9.97 Å². The molecule has 0 aliphatic heterocycles. The first-order chi connectivity index (χ1) is 6.18. The lowest BCUT2D eigenvalue weighted by Gasteiger charge is -2.24. The Kier molecular flexibility index (Phi) is 2.12. The van der Waals surface area contributed by atoms with Gasteiger partial charge in [-0.15, -0.1) is 0 Å². The molecular weight excluding hydrogens is 186 g/mol. The SMILES string of the molecule is Cc1c(N)nc(C2CCC2)nc1Cl. The van der Waals surface area contributed by atoms with E-state index in [1.807, 2.05) is 6.92 Å². The molecule has 0 atom stereocenters. The Bertz CT molecular complexity index is 311. The van der Waals surface area contributed by atoms with Crippen LogP contribution in [0.3, 0.4) is 0 Å². The molecule has 13 heavy (non-hydrogen) atoms. The van der Waals surface area contributed by atoms with Crippen molar-refractivity contribution in [2.75, 3.05) is 5.73 Å². The summed E-state index contributed by atoms with van der Waals surface area (Å²) in [4.78, 5) is 8.47. The van der Waals surface area contributed by atoms with E-state index < -0.39 is 0 Å². The van der Waals surface area contributed by atoms with Crippen molar-refractivity contribution in [2.24, 2.45) is 0 Å². The highest BCUT2D eigenvalue weighted by Crippen LogP contribution is 2.35. The maximum Gasteiger partial charge on any atom is 0.137 e. The first-order valence-corrected chi connectivity index (χ1v) is 4.86. The van der Waals surface area contributed by atoms with Crippen LogP contribution < -0.4 is 5.73 Å². The van der Waals surface area contributed by atoms with Crippen LogP contribution >= 0.6 is 11.6 Å². The van der Waals surface area contributed by atoms with Crippen molar-refractivity contribution < 1.29 is 0 Å². The minimum atomic E-state index is 0.486. The van der Waals surface area contributed by atoms with Gasteiger partial charge >= 0.3 is 0 Å². The third-order valence-electron chi connectivity index (χ3n) is 2.61. The van der Waals surface area contributed by atoms with Crippen molar-refractivity contribution in [1.82, 2.24) is 9.97 Å². The molecule has 4 heteroatoms. The zero-order chi connectivity index (χ0) is 9.42. The molecule has 2 rings (SSSR count). The quantitative estimate of drug-likeness (QED) is 0.703. The second-order valence-electron chi connectivity index (χ2n) is 3.51. The molecule has 1 aliphatic carbocycles. The summed E-state index contributed by atoms with van der Waals surface area (Å²) >= 11 is 5.91. The minimum Gasteiger partial charge on any atom is -0.383 e. The largest absolute Gasteiger partial charge is 0.383 e. The zero-order valence-corrected chi connectivity index (χ0v) is 8.30. The van der Waals surface area contributed by atoms with Gasteiger partial charge in [0.05, 0.1) is 0 Å². The molecule has 0 spiro atoms. The average Bonchev–Trinajstić information content (AvgIpc) is 1.96. The molecule has 0 amide bonds. The van der Waals surface area contributed by atoms with Gasteiger partial charge in [0.1, 0.15) is 16.8 Å². The first kappa shape index (κ1) is 8.75. The Morgan fingerprint density at radius 1 is 1.38 bits per heavy atom. The third-order valence-corrected chi connectivity index (χ3v) is 2.98. The van der Waals surface area contributed by atoms with E-state index in [1.54, 1.807) is 0 Å². The van der Waals surface area contributed by atoms with Crippen LogP contribution in [0.2, 0.25) is 5.15 Å². The van der Waals surface area contributed by atoms with E-state index in [9.17, 15) is 0 Å². The minimum absolute atomic E-state index is 0.486. The van der Waals surface area contributed by atoms with Gasteiger partial charge in [0.15, 0.2) is 0 Å². The third kappa shape index (κ3) is 1.48. The molecule has 0 aromatic carbocycles. The van der Waals surface area contributed by atoms with Crippen LogP contribution in [0, 0.1) is 6.92 Å². The van der Waals surface area contributed by atoms with Crippen molar-refractivity contribution in [3.8, 4) is 0 Å². The Hall–Kier alpha value is -0.830. The van der Waals surface area contributed by atoms with Gasteiger partial charge in [-0.2, -0.15) is 0 Å². The van der Waals surface area contributed by atoms with Crippen LogP contribution in [0.25, 0.3) is 0 Å². The van der Waals surface area contributed by atoms with Gasteiger partial charge in [0.25, 0.3) is 0 Å². The molecule has 1 aliphatic rings. The number of nitrogens with zero attached hydrogens (tertiary/aromatic N) is 2. The predicted molar refractivity (Wildman–Crippen MR) is 52.8 cm³/mol. The summed E-state index contributed by atoms with van der Waals surface area (Å²) in [5.41, 5.74) is 6.48. The van der Waals surface area contributed by atoms with Crippen LogP contribution in [-0.4, -0.2) is 9.97 Å². The maximum absolute atomic E-state index is 5.91. The lowest BCUT2D eigenvalue weighted by molar-refractivity contribution is 0.401. The van der Waals surface area contributed by atoms with E-state index in [4.69, 9.17) is 17.3 Å². The van der Waals surface area contributed by atoms with Gasteiger partial charge in [0, 0.05) is 11.5 Å². The molecule has 70 valence electrons. The second-order valence-corrected chi connectivity index (χ2v) is 3.87. The first-order valence-electron chi connectivity index (χ1n) is 4.48. The molecule has 0 unspecified atom stereocenters. The average molecular weight is 198 g/mol. The summed E-state index contributed by atoms with van der Waals surface area (Å²) in [6, 6.07) is 0. The number of nitrogens with two attached hydrogens (primary N) is 1. The van der Waals surface area contributed by atoms with Crippen LogP contribution in [0.1, 0.15) is 36.6 Å². The topological polar surface area (TPSA) is 51.8 Å². The Labute approximate surface area is 82.3 Å². The molecule has 2 N–H and O–H groups in total. The Balaban J connectivity index is 2.37. The van der Waals surface area contributed by atoms with Crippen molar-refractivity contribution in [2.45, 2.75) is 32.1 Å². The molecule has 1 fully saturated rings. The number of aromatic nitrogens is 2. The summed E-state index contributed by atoms with van der Waals surface area (Å²) < 4.78 is 0. The molecule has 1 saturated carbocycles. The Morgan fingerprint density at radius 2 is 2.08 bits per heavy atom. The number of hydrogen-bond acceptors (Lipinski definition) is 3. The normalized spacial score (nSPS) is 17.1. The highest BCUT2D eigenvalue weighted by Gasteiger charge is 2.23. The van der Waals surface area contributed by atoms with E-state index in [0.29, 0.717) is 16.9 Å². The maximum atomic E-state index is 5.91. The molecular formula is C9H12ClN3. The molecule has 1 aromatic rings. The Morgan fingerprint density at radius 3 is 2.54 bits per heavy atom.